The predicted octanol–water partition coefficient (Wildman–Crippen LogP) is 5.10. The number of aromatic carboxylic acids is 1. The van der Waals surface area contributed by atoms with Gasteiger partial charge in [-0.15, -0.1) is 39.5 Å². The summed E-state index contributed by atoms with van der Waals surface area (Å²) < 4.78 is 159. The summed E-state index contributed by atoms with van der Waals surface area (Å²) in [5.74, 6) is -11.1. The van der Waals surface area contributed by atoms with Gasteiger partial charge in [0.2, 0.25) is 5.75 Å². The molecule has 0 spiro atoms. The Hall–Kier alpha value is -2.75. The van der Waals surface area contributed by atoms with E-state index < -0.39 is 65.7 Å². The van der Waals surface area contributed by atoms with Crippen LogP contribution < -0.4 is 14.2 Å². The van der Waals surface area contributed by atoms with Crippen molar-refractivity contribution in [2.75, 3.05) is 0 Å². The van der Waals surface area contributed by atoms with E-state index in [4.69, 9.17) is 5.11 Å². The summed E-state index contributed by atoms with van der Waals surface area (Å²) in [5.41, 5.74) is -5.33. The summed E-state index contributed by atoms with van der Waals surface area (Å²) in [6.45, 7) is 0. The standard InChI is InChI=1S/C11H2F12O5/c12-8(13,14)4-2(7(24)25)1-3(26-9(15,16)17)5(27-10(18,19)20)6(4)28-11(21,22)23/h1H,(H,24,25). The van der Waals surface area contributed by atoms with E-state index >= 15 is 0 Å². The first-order valence-electron chi connectivity index (χ1n) is 6.00. The number of rotatable bonds is 4. The van der Waals surface area contributed by atoms with Crippen LogP contribution in [0.15, 0.2) is 6.07 Å². The first-order chi connectivity index (χ1) is 12.2. The molecule has 0 bridgehead atoms. The minimum Gasteiger partial charge on any atom is -0.478 e. The Labute approximate surface area is 144 Å². The lowest BCUT2D eigenvalue weighted by Crippen LogP contribution is -2.27. The van der Waals surface area contributed by atoms with Crippen LogP contribution in [0.4, 0.5) is 52.7 Å². The molecule has 17 heteroatoms. The molecule has 0 aliphatic carbocycles. The van der Waals surface area contributed by atoms with Gasteiger partial charge in [-0.2, -0.15) is 13.2 Å². The molecule has 0 fully saturated rings. The third-order valence-corrected chi connectivity index (χ3v) is 2.38. The maximum atomic E-state index is 13.0. The highest BCUT2D eigenvalue weighted by Gasteiger charge is 2.49. The van der Waals surface area contributed by atoms with E-state index in [0.29, 0.717) is 0 Å². The average molecular weight is 442 g/mol. The molecule has 0 saturated carbocycles. The lowest BCUT2D eigenvalue weighted by Gasteiger charge is -2.23. The number of alkyl halides is 12. The van der Waals surface area contributed by atoms with Crippen molar-refractivity contribution in [2.45, 2.75) is 25.3 Å². The van der Waals surface area contributed by atoms with Crippen molar-refractivity contribution in [3.05, 3.63) is 17.2 Å². The Bertz CT molecular complexity index is 743. The number of carboxylic acid groups (broad SMARTS) is 1. The van der Waals surface area contributed by atoms with E-state index in [1.165, 1.54) is 0 Å². The number of ether oxygens (including phenoxy) is 3. The molecule has 0 aliphatic rings. The number of halogens is 12. The Morgan fingerprint density at radius 1 is 0.714 bits per heavy atom. The van der Waals surface area contributed by atoms with Crippen LogP contribution in [-0.4, -0.2) is 30.2 Å². The first-order valence-corrected chi connectivity index (χ1v) is 6.00. The van der Waals surface area contributed by atoms with Gasteiger partial charge in [-0.05, 0) is 6.07 Å². The van der Waals surface area contributed by atoms with Crippen molar-refractivity contribution < 1.29 is 76.8 Å². The Morgan fingerprint density at radius 3 is 1.43 bits per heavy atom. The highest BCUT2D eigenvalue weighted by molar-refractivity contribution is 5.92. The van der Waals surface area contributed by atoms with Crippen LogP contribution >= 0.6 is 0 Å². The quantitative estimate of drug-likeness (QED) is 0.658. The lowest BCUT2D eigenvalue weighted by molar-refractivity contribution is -0.294. The highest BCUT2D eigenvalue weighted by atomic mass is 19.4. The van der Waals surface area contributed by atoms with E-state index in [-0.39, 0.29) is 0 Å². The summed E-state index contributed by atoms with van der Waals surface area (Å²) in [7, 11) is 0. The fraction of sp³-hybridized carbons (Fsp3) is 0.364. The summed E-state index contributed by atoms with van der Waals surface area (Å²) in [5, 5.41) is 8.66. The Morgan fingerprint density at radius 2 is 1.11 bits per heavy atom. The van der Waals surface area contributed by atoms with Crippen molar-refractivity contribution in [3.8, 4) is 17.2 Å². The van der Waals surface area contributed by atoms with E-state index in [9.17, 15) is 57.5 Å². The highest BCUT2D eigenvalue weighted by Crippen LogP contribution is 2.52. The summed E-state index contributed by atoms with van der Waals surface area (Å²) in [6.07, 6.45) is -24.4. The smallest absolute Gasteiger partial charge is 0.478 e. The lowest BCUT2D eigenvalue weighted by atomic mass is 10.0. The molecular formula is C11H2F12O5. The van der Waals surface area contributed by atoms with Crippen LogP contribution in [0.5, 0.6) is 17.2 Å². The Kier molecular flexibility index (Phi) is 5.83. The van der Waals surface area contributed by atoms with Crippen molar-refractivity contribution in [1.29, 1.82) is 0 Å². The molecular weight excluding hydrogens is 440 g/mol. The number of hydrogen-bond donors (Lipinski definition) is 1. The molecule has 160 valence electrons. The summed E-state index contributed by atoms with van der Waals surface area (Å²) in [6, 6.07) is -0.747. The number of carbonyl (C=O) groups is 1. The average Bonchev–Trinajstić information content (AvgIpc) is 2.35. The minimum atomic E-state index is -6.20. The molecule has 0 unspecified atom stereocenters. The zero-order valence-electron chi connectivity index (χ0n) is 12.2. The molecule has 0 saturated heterocycles. The second-order valence-electron chi connectivity index (χ2n) is 4.40. The van der Waals surface area contributed by atoms with Gasteiger partial charge in [-0.3, -0.25) is 0 Å². The molecule has 1 aromatic rings. The zero-order valence-corrected chi connectivity index (χ0v) is 12.2. The van der Waals surface area contributed by atoms with Gasteiger partial charge in [0.15, 0.2) is 11.5 Å². The van der Waals surface area contributed by atoms with Crippen LogP contribution in [0.3, 0.4) is 0 Å². The third-order valence-electron chi connectivity index (χ3n) is 2.38. The van der Waals surface area contributed by atoms with E-state index in [0.717, 1.165) is 0 Å². The second-order valence-corrected chi connectivity index (χ2v) is 4.40. The molecule has 0 aliphatic heterocycles. The van der Waals surface area contributed by atoms with Crippen molar-refractivity contribution in [2.24, 2.45) is 0 Å². The van der Waals surface area contributed by atoms with Crippen molar-refractivity contribution in [3.63, 3.8) is 0 Å². The van der Waals surface area contributed by atoms with Gasteiger partial charge in [0.05, 0.1) is 5.56 Å². The first kappa shape index (κ1) is 23.3. The Balaban J connectivity index is 4.05. The number of benzene rings is 1. The van der Waals surface area contributed by atoms with E-state index in [1.807, 2.05) is 0 Å². The fourth-order valence-corrected chi connectivity index (χ4v) is 1.69. The monoisotopic (exact) mass is 442 g/mol. The molecule has 1 aromatic carbocycles. The molecule has 28 heavy (non-hydrogen) atoms. The molecule has 0 heterocycles. The van der Waals surface area contributed by atoms with Crippen LogP contribution in [-0.2, 0) is 6.18 Å². The van der Waals surface area contributed by atoms with Crippen LogP contribution in [0.25, 0.3) is 0 Å². The summed E-state index contributed by atoms with van der Waals surface area (Å²) in [4.78, 5) is 10.9. The molecule has 1 N–H and O–H groups in total. The number of hydrogen-bond acceptors (Lipinski definition) is 4. The van der Waals surface area contributed by atoms with Gasteiger partial charge in [-0.1, -0.05) is 0 Å². The van der Waals surface area contributed by atoms with Gasteiger partial charge < -0.3 is 19.3 Å². The van der Waals surface area contributed by atoms with Crippen LogP contribution in [0.1, 0.15) is 15.9 Å². The van der Waals surface area contributed by atoms with Gasteiger partial charge >= 0.3 is 31.2 Å². The topological polar surface area (TPSA) is 65.0 Å². The molecule has 0 atom stereocenters. The van der Waals surface area contributed by atoms with Crippen LogP contribution in [0, 0.1) is 0 Å². The summed E-state index contributed by atoms with van der Waals surface area (Å²) >= 11 is 0. The van der Waals surface area contributed by atoms with E-state index in [1.54, 1.807) is 0 Å². The van der Waals surface area contributed by atoms with Crippen LogP contribution in [0.2, 0.25) is 0 Å². The van der Waals surface area contributed by atoms with Gasteiger partial charge in [0.25, 0.3) is 0 Å². The molecule has 0 aromatic heterocycles. The van der Waals surface area contributed by atoms with Crippen molar-refractivity contribution in [1.82, 2.24) is 0 Å². The maximum Gasteiger partial charge on any atom is 0.573 e. The van der Waals surface area contributed by atoms with Gasteiger partial charge in [-0.25, -0.2) is 4.79 Å². The van der Waals surface area contributed by atoms with Gasteiger partial charge in [0.1, 0.15) is 5.56 Å². The third kappa shape index (κ3) is 6.45. The normalized spacial score (nSPS) is 13.3. The second kappa shape index (κ2) is 7.01. The van der Waals surface area contributed by atoms with E-state index in [2.05, 4.69) is 14.2 Å². The van der Waals surface area contributed by atoms with Crippen molar-refractivity contribution >= 4 is 5.97 Å². The SMILES string of the molecule is O=C(O)c1cc(OC(F)(F)F)c(OC(F)(F)F)c(OC(F)(F)F)c1C(F)(F)F. The molecule has 5 nitrogen and oxygen atoms in total. The minimum absolute atomic E-state index is 0.747. The maximum absolute atomic E-state index is 13.0. The molecule has 1 rings (SSSR count). The molecule has 0 radical (unpaired) electrons. The zero-order chi connectivity index (χ0) is 22.3. The fourth-order valence-electron chi connectivity index (χ4n) is 1.69. The largest absolute Gasteiger partial charge is 0.573 e. The van der Waals surface area contributed by atoms with Gasteiger partial charge in [0, 0.05) is 0 Å². The predicted molar refractivity (Wildman–Crippen MR) is 58.5 cm³/mol. The number of carboxylic acids is 1. The molecule has 0 amide bonds.